The first kappa shape index (κ1) is 12.2. The Kier molecular flexibility index (Phi) is 3.29. The molecule has 0 aromatic heterocycles. The highest BCUT2D eigenvalue weighted by Gasteiger charge is 2.36. The van der Waals surface area contributed by atoms with E-state index in [-0.39, 0.29) is 11.4 Å². The van der Waals surface area contributed by atoms with Crippen LogP contribution in [0.3, 0.4) is 0 Å². The molecule has 1 aliphatic carbocycles. The van der Waals surface area contributed by atoms with Crippen LogP contribution in [0.5, 0.6) is 0 Å². The molecule has 1 aromatic rings. The number of halogens is 1. The summed E-state index contributed by atoms with van der Waals surface area (Å²) in [5.41, 5.74) is 6.69. The molecule has 0 saturated heterocycles. The second-order valence-electron chi connectivity index (χ2n) is 4.68. The molecule has 2 rings (SSSR count). The summed E-state index contributed by atoms with van der Waals surface area (Å²) in [5, 5.41) is 3.53. The fourth-order valence-corrected chi connectivity index (χ4v) is 2.33. The van der Waals surface area contributed by atoms with Gasteiger partial charge in [-0.05, 0) is 43.9 Å². The molecule has 0 atom stereocenters. The first-order chi connectivity index (χ1) is 8.06. The Labute approximate surface area is 106 Å². The number of rotatable bonds is 3. The van der Waals surface area contributed by atoms with Gasteiger partial charge in [0, 0.05) is 11.1 Å². The van der Waals surface area contributed by atoms with Crippen LogP contribution in [-0.4, -0.2) is 11.4 Å². The van der Waals surface area contributed by atoms with Gasteiger partial charge in [-0.3, -0.25) is 4.79 Å². The Morgan fingerprint density at radius 1 is 1.53 bits per heavy atom. The van der Waals surface area contributed by atoms with Gasteiger partial charge in [0.15, 0.2) is 0 Å². The van der Waals surface area contributed by atoms with Gasteiger partial charge in [0.2, 0.25) is 0 Å². The lowest BCUT2D eigenvalue weighted by atomic mass is 9.74. The van der Waals surface area contributed by atoms with Gasteiger partial charge in [0.1, 0.15) is 0 Å². The van der Waals surface area contributed by atoms with E-state index in [1.54, 1.807) is 18.2 Å². The van der Waals surface area contributed by atoms with Crippen LogP contribution in [0.1, 0.15) is 43.0 Å². The summed E-state index contributed by atoms with van der Waals surface area (Å²) < 4.78 is 0. The van der Waals surface area contributed by atoms with Crippen LogP contribution in [0.15, 0.2) is 18.2 Å². The number of carbonyl (C=O) groups is 1. The van der Waals surface area contributed by atoms with Gasteiger partial charge >= 0.3 is 0 Å². The van der Waals surface area contributed by atoms with Crippen molar-refractivity contribution in [3.8, 4) is 0 Å². The maximum Gasteiger partial charge on any atom is 0.251 e. The van der Waals surface area contributed by atoms with Gasteiger partial charge in [-0.2, -0.15) is 0 Å². The van der Waals surface area contributed by atoms with Crippen LogP contribution >= 0.6 is 11.6 Å². The molecule has 17 heavy (non-hydrogen) atoms. The molecule has 0 spiro atoms. The first-order valence-electron chi connectivity index (χ1n) is 5.94. The molecule has 1 aromatic carbocycles. The molecule has 3 nitrogen and oxygen atoms in total. The Bertz CT molecular complexity index is 436. The Morgan fingerprint density at radius 2 is 2.24 bits per heavy atom. The van der Waals surface area contributed by atoms with Gasteiger partial charge in [0.05, 0.1) is 10.7 Å². The highest BCUT2D eigenvalue weighted by Crippen LogP contribution is 2.35. The van der Waals surface area contributed by atoms with E-state index in [1.165, 1.54) is 6.42 Å². The molecule has 1 amide bonds. The number of nitrogens with two attached hydrogens (primary N) is 1. The number of benzene rings is 1. The molecule has 4 heteroatoms. The molecule has 1 aliphatic rings. The first-order valence-corrected chi connectivity index (χ1v) is 6.32. The number of carbonyl (C=O) groups excluding carboxylic acids is 1. The van der Waals surface area contributed by atoms with Gasteiger partial charge in [-0.25, -0.2) is 0 Å². The SMILES string of the molecule is CCC1(NC(=O)c2ccc(N)c(Cl)c2)CCC1. The normalized spacial score (nSPS) is 17.3. The van der Waals surface area contributed by atoms with Crippen LogP contribution in [0.25, 0.3) is 0 Å². The van der Waals surface area contributed by atoms with Crippen LogP contribution in [0.4, 0.5) is 5.69 Å². The summed E-state index contributed by atoms with van der Waals surface area (Å²) in [6.07, 6.45) is 4.30. The zero-order chi connectivity index (χ0) is 12.5. The predicted octanol–water partition coefficient (Wildman–Crippen LogP) is 2.98. The molecule has 92 valence electrons. The highest BCUT2D eigenvalue weighted by atomic mass is 35.5. The smallest absolute Gasteiger partial charge is 0.251 e. The lowest BCUT2D eigenvalue weighted by molar-refractivity contribution is 0.0820. The number of amides is 1. The van der Waals surface area contributed by atoms with Crippen molar-refractivity contribution in [2.75, 3.05) is 5.73 Å². The molecule has 1 saturated carbocycles. The minimum absolute atomic E-state index is 0.00491. The van der Waals surface area contributed by atoms with Crippen molar-refractivity contribution in [1.29, 1.82) is 0 Å². The zero-order valence-electron chi connectivity index (χ0n) is 9.92. The largest absolute Gasteiger partial charge is 0.398 e. The van der Waals surface area contributed by atoms with E-state index in [2.05, 4.69) is 12.2 Å². The molecule has 1 fully saturated rings. The van der Waals surface area contributed by atoms with E-state index in [1.807, 2.05) is 0 Å². The molecule has 3 N–H and O–H groups in total. The number of nitrogen functional groups attached to an aromatic ring is 1. The number of nitrogens with one attached hydrogen (secondary N) is 1. The minimum atomic E-state index is -0.0616. The van der Waals surface area contributed by atoms with Crippen LogP contribution in [-0.2, 0) is 0 Å². The summed E-state index contributed by atoms with van der Waals surface area (Å²) in [4.78, 5) is 12.1. The molecule has 0 radical (unpaired) electrons. The van der Waals surface area contributed by atoms with Crippen molar-refractivity contribution in [3.05, 3.63) is 28.8 Å². The highest BCUT2D eigenvalue weighted by molar-refractivity contribution is 6.33. The molecular formula is C13H17ClN2O. The third kappa shape index (κ3) is 2.39. The van der Waals surface area contributed by atoms with E-state index in [9.17, 15) is 4.79 Å². The summed E-state index contributed by atoms with van der Waals surface area (Å²) in [6, 6.07) is 4.99. The minimum Gasteiger partial charge on any atom is -0.398 e. The summed E-state index contributed by atoms with van der Waals surface area (Å²) >= 11 is 5.91. The van der Waals surface area contributed by atoms with E-state index >= 15 is 0 Å². The third-order valence-corrected chi connectivity index (χ3v) is 3.96. The molecular weight excluding hydrogens is 236 g/mol. The monoisotopic (exact) mass is 252 g/mol. The van der Waals surface area contributed by atoms with E-state index < -0.39 is 0 Å². The van der Waals surface area contributed by atoms with Crippen molar-refractivity contribution in [2.24, 2.45) is 0 Å². The average Bonchev–Trinajstić information content (AvgIpc) is 2.27. The van der Waals surface area contributed by atoms with Gasteiger partial charge in [0.25, 0.3) is 5.91 Å². The number of anilines is 1. The summed E-state index contributed by atoms with van der Waals surface area (Å²) in [5.74, 6) is -0.0616. The summed E-state index contributed by atoms with van der Waals surface area (Å²) in [6.45, 7) is 2.11. The second kappa shape index (κ2) is 4.57. The van der Waals surface area contributed by atoms with Crippen LogP contribution in [0, 0.1) is 0 Å². The molecule has 0 aliphatic heterocycles. The fraction of sp³-hybridized carbons (Fsp3) is 0.462. The quantitative estimate of drug-likeness (QED) is 0.813. The average molecular weight is 253 g/mol. The lowest BCUT2D eigenvalue weighted by Crippen LogP contribution is -2.52. The van der Waals surface area contributed by atoms with Gasteiger partial charge in [-0.1, -0.05) is 18.5 Å². The lowest BCUT2D eigenvalue weighted by Gasteiger charge is -2.42. The number of hydrogen-bond acceptors (Lipinski definition) is 2. The molecule has 0 unspecified atom stereocenters. The maximum absolute atomic E-state index is 12.1. The standard InChI is InChI=1S/C13H17ClN2O/c1-2-13(6-3-7-13)16-12(17)9-4-5-11(15)10(14)8-9/h4-5,8H,2-3,6-7,15H2,1H3,(H,16,17). The Morgan fingerprint density at radius 3 is 2.71 bits per heavy atom. The van der Waals surface area contributed by atoms with Crippen molar-refractivity contribution < 1.29 is 4.79 Å². The van der Waals surface area contributed by atoms with Crippen molar-refractivity contribution in [3.63, 3.8) is 0 Å². The number of hydrogen-bond donors (Lipinski definition) is 2. The van der Waals surface area contributed by atoms with Crippen molar-refractivity contribution in [1.82, 2.24) is 5.32 Å². The third-order valence-electron chi connectivity index (χ3n) is 3.63. The fourth-order valence-electron chi connectivity index (χ4n) is 2.15. The van der Waals surface area contributed by atoms with Gasteiger partial charge in [-0.15, -0.1) is 0 Å². The summed E-state index contributed by atoms with van der Waals surface area (Å²) in [7, 11) is 0. The van der Waals surface area contributed by atoms with Crippen LogP contribution in [0.2, 0.25) is 5.02 Å². The maximum atomic E-state index is 12.1. The topological polar surface area (TPSA) is 55.1 Å². The van der Waals surface area contributed by atoms with E-state index in [0.717, 1.165) is 19.3 Å². The van der Waals surface area contributed by atoms with E-state index in [4.69, 9.17) is 17.3 Å². The van der Waals surface area contributed by atoms with Crippen LogP contribution < -0.4 is 11.1 Å². The molecule has 0 bridgehead atoms. The Balaban J connectivity index is 2.11. The zero-order valence-corrected chi connectivity index (χ0v) is 10.7. The van der Waals surface area contributed by atoms with Crippen molar-refractivity contribution >= 4 is 23.2 Å². The van der Waals surface area contributed by atoms with E-state index in [0.29, 0.717) is 16.3 Å². The predicted molar refractivity (Wildman–Crippen MR) is 70.2 cm³/mol. The van der Waals surface area contributed by atoms with Crippen molar-refractivity contribution in [2.45, 2.75) is 38.1 Å². The Hall–Kier alpha value is -1.22. The molecule has 0 heterocycles. The van der Waals surface area contributed by atoms with Gasteiger partial charge < -0.3 is 11.1 Å². The second-order valence-corrected chi connectivity index (χ2v) is 5.09.